The van der Waals surface area contributed by atoms with E-state index in [-0.39, 0.29) is 18.7 Å². The number of nitrogens with one attached hydrogen (secondary N) is 1. The normalized spacial score (nSPS) is 22.4. The zero-order valence-electron chi connectivity index (χ0n) is 10.2. The standard InChI is InChI=1S/C11H21N3O3/c1-14-6-2-3-8(14)7-13-11(17)9(12)4-5-10(15)16/h8-9H,2-7,12H2,1H3,(H,13,17)(H,15,16). The highest BCUT2D eigenvalue weighted by molar-refractivity contribution is 5.82. The van der Waals surface area contributed by atoms with E-state index in [1.54, 1.807) is 0 Å². The first-order chi connectivity index (χ1) is 8.00. The Labute approximate surface area is 101 Å². The molecule has 1 rings (SSSR count). The van der Waals surface area contributed by atoms with E-state index in [9.17, 15) is 9.59 Å². The van der Waals surface area contributed by atoms with E-state index in [0.717, 1.165) is 19.4 Å². The zero-order valence-corrected chi connectivity index (χ0v) is 10.2. The van der Waals surface area contributed by atoms with Gasteiger partial charge in [-0.1, -0.05) is 0 Å². The van der Waals surface area contributed by atoms with E-state index in [2.05, 4.69) is 10.2 Å². The summed E-state index contributed by atoms with van der Waals surface area (Å²) in [5, 5.41) is 11.3. The summed E-state index contributed by atoms with van der Waals surface area (Å²) in [6.45, 7) is 1.65. The van der Waals surface area contributed by atoms with Crippen LogP contribution in [-0.4, -0.2) is 54.1 Å². The Hall–Kier alpha value is -1.14. The van der Waals surface area contributed by atoms with Crippen LogP contribution in [0.1, 0.15) is 25.7 Å². The Morgan fingerprint density at radius 2 is 2.29 bits per heavy atom. The summed E-state index contributed by atoms with van der Waals surface area (Å²) in [6.07, 6.45) is 2.35. The van der Waals surface area contributed by atoms with E-state index in [1.165, 1.54) is 0 Å². The maximum atomic E-state index is 11.6. The van der Waals surface area contributed by atoms with Crippen LogP contribution in [0.4, 0.5) is 0 Å². The molecule has 0 spiro atoms. The van der Waals surface area contributed by atoms with Gasteiger partial charge in [0.1, 0.15) is 0 Å². The predicted octanol–water partition coefficient (Wildman–Crippen LogP) is -0.611. The second-order valence-electron chi connectivity index (χ2n) is 4.56. The van der Waals surface area contributed by atoms with Crippen LogP contribution < -0.4 is 11.1 Å². The van der Waals surface area contributed by atoms with Crippen LogP contribution in [-0.2, 0) is 9.59 Å². The molecule has 0 aliphatic carbocycles. The lowest BCUT2D eigenvalue weighted by Crippen LogP contribution is -2.45. The molecule has 1 fully saturated rings. The monoisotopic (exact) mass is 243 g/mol. The van der Waals surface area contributed by atoms with Crippen LogP contribution in [0.3, 0.4) is 0 Å². The fourth-order valence-electron chi connectivity index (χ4n) is 2.00. The summed E-state index contributed by atoms with van der Waals surface area (Å²) in [5.41, 5.74) is 5.60. The fourth-order valence-corrected chi connectivity index (χ4v) is 2.00. The number of carbonyl (C=O) groups excluding carboxylic acids is 1. The minimum absolute atomic E-state index is 0.0715. The molecule has 98 valence electrons. The summed E-state index contributed by atoms with van der Waals surface area (Å²) in [5.74, 6) is -1.18. The van der Waals surface area contributed by atoms with Gasteiger partial charge >= 0.3 is 5.97 Å². The van der Waals surface area contributed by atoms with Gasteiger partial charge in [0.15, 0.2) is 0 Å². The van der Waals surface area contributed by atoms with Crippen molar-refractivity contribution < 1.29 is 14.7 Å². The van der Waals surface area contributed by atoms with Crippen molar-refractivity contribution in [2.24, 2.45) is 5.73 Å². The van der Waals surface area contributed by atoms with Crippen molar-refractivity contribution in [3.8, 4) is 0 Å². The first-order valence-electron chi connectivity index (χ1n) is 5.96. The summed E-state index contributed by atoms with van der Waals surface area (Å²) in [4.78, 5) is 24.1. The van der Waals surface area contributed by atoms with Crippen molar-refractivity contribution >= 4 is 11.9 Å². The maximum Gasteiger partial charge on any atom is 0.303 e. The van der Waals surface area contributed by atoms with E-state index in [0.29, 0.717) is 12.6 Å². The number of hydrogen-bond acceptors (Lipinski definition) is 4. The molecule has 0 saturated carbocycles. The molecule has 17 heavy (non-hydrogen) atoms. The van der Waals surface area contributed by atoms with Gasteiger partial charge in [0.25, 0.3) is 0 Å². The quantitative estimate of drug-likeness (QED) is 0.578. The van der Waals surface area contributed by atoms with Crippen molar-refractivity contribution in [3.05, 3.63) is 0 Å². The molecule has 2 unspecified atom stereocenters. The number of rotatable bonds is 6. The molecule has 1 amide bonds. The van der Waals surface area contributed by atoms with E-state index in [4.69, 9.17) is 10.8 Å². The number of nitrogens with two attached hydrogens (primary N) is 1. The number of aliphatic carboxylic acids is 1. The van der Waals surface area contributed by atoms with Gasteiger partial charge in [-0.2, -0.15) is 0 Å². The van der Waals surface area contributed by atoms with Crippen LogP contribution in [0, 0.1) is 0 Å². The molecule has 1 aliphatic heterocycles. The van der Waals surface area contributed by atoms with Gasteiger partial charge in [0, 0.05) is 19.0 Å². The van der Waals surface area contributed by atoms with E-state index < -0.39 is 12.0 Å². The first-order valence-corrected chi connectivity index (χ1v) is 5.96. The second kappa shape index (κ2) is 6.56. The molecule has 0 radical (unpaired) electrons. The summed E-state index contributed by atoms with van der Waals surface area (Å²) in [7, 11) is 2.04. The van der Waals surface area contributed by atoms with Crippen molar-refractivity contribution in [3.63, 3.8) is 0 Å². The highest BCUT2D eigenvalue weighted by atomic mass is 16.4. The molecule has 0 aromatic carbocycles. The smallest absolute Gasteiger partial charge is 0.303 e. The highest BCUT2D eigenvalue weighted by Gasteiger charge is 2.22. The van der Waals surface area contributed by atoms with Crippen LogP contribution >= 0.6 is 0 Å². The number of carboxylic acids is 1. The number of hydrogen-bond donors (Lipinski definition) is 3. The Bertz CT molecular complexity index is 283. The second-order valence-corrected chi connectivity index (χ2v) is 4.56. The summed E-state index contributed by atoms with van der Waals surface area (Å²) >= 11 is 0. The molecule has 0 aromatic heterocycles. The molecule has 1 aliphatic rings. The van der Waals surface area contributed by atoms with Gasteiger partial charge in [0.05, 0.1) is 6.04 Å². The lowest BCUT2D eigenvalue weighted by molar-refractivity contribution is -0.137. The molecule has 1 saturated heterocycles. The minimum atomic E-state index is -0.927. The van der Waals surface area contributed by atoms with Gasteiger partial charge in [-0.3, -0.25) is 9.59 Å². The Kier molecular flexibility index (Phi) is 5.37. The number of carbonyl (C=O) groups is 2. The van der Waals surface area contributed by atoms with Crippen molar-refractivity contribution in [1.29, 1.82) is 0 Å². The molecule has 0 bridgehead atoms. The minimum Gasteiger partial charge on any atom is -0.481 e. The topological polar surface area (TPSA) is 95.7 Å². The maximum absolute atomic E-state index is 11.6. The van der Waals surface area contributed by atoms with Crippen LogP contribution in [0.5, 0.6) is 0 Å². The lowest BCUT2D eigenvalue weighted by Gasteiger charge is -2.20. The van der Waals surface area contributed by atoms with Crippen LogP contribution in [0.2, 0.25) is 0 Å². The van der Waals surface area contributed by atoms with Crippen molar-refractivity contribution in [1.82, 2.24) is 10.2 Å². The predicted molar refractivity (Wildman–Crippen MR) is 63.5 cm³/mol. The molecule has 1 heterocycles. The highest BCUT2D eigenvalue weighted by Crippen LogP contribution is 2.13. The number of likely N-dealkylation sites (N-methyl/N-ethyl adjacent to an activating group) is 1. The Balaban J connectivity index is 2.21. The number of carboxylic acid groups (broad SMARTS) is 1. The molecule has 2 atom stereocenters. The Morgan fingerprint density at radius 1 is 1.59 bits per heavy atom. The van der Waals surface area contributed by atoms with Crippen molar-refractivity contribution in [2.75, 3.05) is 20.1 Å². The first kappa shape index (κ1) is 13.9. The van der Waals surface area contributed by atoms with Crippen LogP contribution in [0.15, 0.2) is 0 Å². The van der Waals surface area contributed by atoms with Gasteiger partial charge in [-0.25, -0.2) is 0 Å². The van der Waals surface area contributed by atoms with E-state index >= 15 is 0 Å². The zero-order chi connectivity index (χ0) is 12.8. The summed E-state index contributed by atoms with van der Waals surface area (Å²) < 4.78 is 0. The van der Waals surface area contributed by atoms with Crippen molar-refractivity contribution in [2.45, 2.75) is 37.8 Å². The third-order valence-electron chi connectivity index (χ3n) is 3.19. The van der Waals surface area contributed by atoms with E-state index in [1.807, 2.05) is 7.05 Å². The molecular weight excluding hydrogens is 222 g/mol. The third-order valence-corrected chi connectivity index (χ3v) is 3.19. The number of likely N-dealkylation sites (tertiary alicyclic amines) is 1. The molecular formula is C11H21N3O3. The molecule has 0 aromatic rings. The largest absolute Gasteiger partial charge is 0.481 e. The number of amides is 1. The Morgan fingerprint density at radius 3 is 2.82 bits per heavy atom. The lowest BCUT2D eigenvalue weighted by atomic mass is 10.1. The molecule has 6 nitrogen and oxygen atoms in total. The van der Waals surface area contributed by atoms with Gasteiger partial charge in [0.2, 0.25) is 5.91 Å². The molecule has 6 heteroatoms. The average molecular weight is 243 g/mol. The van der Waals surface area contributed by atoms with Gasteiger partial charge < -0.3 is 21.1 Å². The SMILES string of the molecule is CN1CCCC1CNC(=O)C(N)CCC(=O)O. The van der Waals surface area contributed by atoms with Gasteiger partial charge in [-0.05, 0) is 32.9 Å². The number of nitrogens with zero attached hydrogens (tertiary/aromatic N) is 1. The third kappa shape index (κ3) is 4.70. The van der Waals surface area contributed by atoms with Crippen LogP contribution in [0.25, 0.3) is 0 Å². The molecule has 4 N–H and O–H groups in total. The van der Waals surface area contributed by atoms with Gasteiger partial charge in [-0.15, -0.1) is 0 Å². The average Bonchev–Trinajstić information content (AvgIpc) is 2.68. The fraction of sp³-hybridized carbons (Fsp3) is 0.818. The summed E-state index contributed by atoms with van der Waals surface area (Å²) in [6, 6.07) is -0.344.